The van der Waals surface area contributed by atoms with E-state index in [1.165, 1.54) is 38.6 Å². The summed E-state index contributed by atoms with van der Waals surface area (Å²) in [6, 6.07) is 1.47. The van der Waals surface area contributed by atoms with Crippen molar-refractivity contribution in [2.45, 2.75) is 63.6 Å². The van der Waals surface area contributed by atoms with Gasteiger partial charge in [-0.1, -0.05) is 12.8 Å². The first kappa shape index (κ1) is 9.47. The quantitative estimate of drug-likeness (QED) is 0.595. The summed E-state index contributed by atoms with van der Waals surface area (Å²) in [6.07, 6.45) is 6.80. The van der Waals surface area contributed by atoms with Gasteiger partial charge in [0.1, 0.15) is 0 Å². The van der Waals surface area contributed by atoms with Gasteiger partial charge in [0, 0.05) is 17.6 Å². The van der Waals surface area contributed by atoms with Gasteiger partial charge in [0.25, 0.3) is 0 Å². The third-order valence-corrected chi connectivity index (χ3v) is 3.50. The van der Waals surface area contributed by atoms with Gasteiger partial charge >= 0.3 is 0 Å². The van der Waals surface area contributed by atoms with Crippen molar-refractivity contribution in [3.8, 4) is 0 Å². The minimum Gasteiger partial charge on any atom is -0.312 e. The third kappa shape index (κ3) is 2.23. The Morgan fingerprint density at radius 2 is 1.77 bits per heavy atom. The van der Waals surface area contributed by atoms with Crippen molar-refractivity contribution in [3.05, 3.63) is 0 Å². The summed E-state index contributed by atoms with van der Waals surface area (Å²) in [4.78, 5) is 0. The average Bonchev–Trinajstić information content (AvgIpc) is 2.21. The van der Waals surface area contributed by atoms with Gasteiger partial charge < -0.3 is 10.6 Å². The zero-order valence-electron chi connectivity index (χ0n) is 8.90. The maximum Gasteiger partial charge on any atom is 0.0226 e. The molecule has 1 heterocycles. The van der Waals surface area contributed by atoms with Crippen LogP contribution in [0.5, 0.6) is 0 Å². The van der Waals surface area contributed by atoms with Crippen LogP contribution in [0.15, 0.2) is 0 Å². The van der Waals surface area contributed by atoms with Gasteiger partial charge in [-0.25, -0.2) is 0 Å². The van der Waals surface area contributed by atoms with Gasteiger partial charge in [-0.2, -0.15) is 0 Å². The maximum absolute atomic E-state index is 3.79. The molecule has 0 aromatic carbocycles. The van der Waals surface area contributed by atoms with Crippen LogP contribution in [0.1, 0.15) is 46.0 Å². The second kappa shape index (κ2) is 3.58. The van der Waals surface area contributed by atoms with E-state index in [0.29, 0.717) is 5.54 Å². The van der Waals surface area contributed by atoms with E-state index in [9.17, 15) is 0 Å². The van der Waals surface area contributed by atoms with E-state index < -0.39 is 0 Å². The van der Waals surface area contributed by atoms with Crippen LogP contribution in [0.25, 0.3) is 0 Å². The van der Waals surface area contributed by atoms with Crippen LogP contribution in [-0.4, -0.2) is 24.2 Å². The standard InChI is InChI=1S/C11H22N2/c1-11(2)7-8-12-9-5-3-4-6-10(9)13-11/h9-10,12-13H,3-8H2,1-2H3/t9?,10-/m0/s1. The van der Waals surface area contributed by atoms with E-state index in [1.807, 2.05) is 0 Å². The zero-order chi connectivity index (χ0) is 9.31. The van der Waals surface area contributed by atoms with E-state index in [-0.39, 0.29) is 0 Å². The molecule has 1 saturated heterocycles. The molecule has 0 spiro atoms. The fraction of sp³-hybridized carbons (Fsp3) is 1.00. The molecule has 2 atom stereocenters. The predicted molar refractivity (Wildman–Crippen MR) is 55.9 cm³/mol. The van der Waals surface area contributed by atoms with Gasteiger partial charge in [0.05, 0.1) is 0 Å². The Balaban J connectivity index is 2.03. The molecule has 1 aliphatic heterocycles. The van der Waals surface area contributed by atoms with E-state index in [2.05, 4.69) is 24.5 Å². The van der Waals surface area contributed by atoms with Crippen molar-refractivity contribution in [3.63, 3.8) is 0 Å². The minimum absolute atomic E-state index is 0.337. The molecule has 0 bridgehead atoms. The molecular weight excluding hydrogens is 160 g/mol. The molecule has 0 aromatic heterocycles. The Bertz CT molecular complexity index is 177. The SMILES string of the molecule is CC1(C)CCNC2CCCC[C@@H]2N1. The van der Waals surface area contributed by atoms with Gasteiger partial charge in [0.15, 0.2) is 0 Å². The van der Waals surface area contributed by atoms with Crippen LogP contribution in [0.2, 0.25) is 0 Å². The molecule has 1 aliphatic carbocycles. The van der Waals surface area contributed by atoms with Crippen molar-refractivity contribution < 1.29 is 0 Å². The lowest BCUT2D eigenvalue weighted by molar-refractivity contribution is 0.263. The second-order valence-electron chi connectivity index (χ2n) is 5.23. The lowest BCUT2D eigenvalue weighted by Crippen LogP contribution is -2.52. The largest absolute Gasteiger partial charge is 0.312 e. The number of hydrogen-bond acceptors (Lipinski definition) is 2. The molecule has 2 N–H and O–H groups in total. The highest BCUT2D eigenvalue weighted by atomic mass is 15.1. The van der Waals surface area contributed by atoms with E-state index in [4.69, 9.17) is 0 Å². The summed E-state index contributed by atoms with van der Waals surface area (Å²) >= 11 is 0. The first-order chi connectivity index (χ1) is 6.17. The van der Waals surface area contributed by atoms with Crippen LogP contribution >= 0.6 is 0 Å². The molecule has 2 fully saturated rings. The van der Waals surface area contributed by atoms with Crippen molar-refractivity contribution in [1.82, 2.24) is 10.6 Å². The van der Waals surface area contributed by atoms with E-state index in [0.717, 1.165) is 12.1 Å². The van der Waals surface area contributed by atoms with Gasteiger partial charge in [-0.15, -0.1) is 0 Å². The van der Waals surface area contributed by atoms with E-state index in [1.54, 1.807) is 0 Å². The molecule has 2 nitrogen and oxygen atoms in total. The van der Waals surface area contributed by atoms with Gasteiger partial charge in [-0.3, -0.25) is 0 Å². The topological polar surface area (TPSA) is 24.1 Å². The Labute approximate surface area is 81.5 Å². The van der Waals surface area contributed by atoms with Crippen LogP contribution in [-0.2, 0) is 0 Å². The summed E-state index contributed by atoms with van der Waals surface area (Å²) in [5.41, 5.74) is 0.337. The summed E-state index contributed by atoms with van der Waals surface area (Å²) < 4.78 is 0. The highest BCUT2D eigenvalue weighted by Crippen LogP contribution is 2.24. The first-order valence-corrected chi connectivity index (χ1v) is 5.68. The minimum atomic E-state index is 0.337. The smallest absolute Gasteiger partial charge is 0.0226 e. The Kier molecular flexibility index (Phi) is 2.61. The monoisotopic (exact) mass is 182 g/mol. The normalized spacial score (nSPS) is 39.2. The summed E-state index contributed by atoms with van der Waals surface area (Å²) in [5, 5.41) is 7.47. The maximum atomic E-state index is 3.79. The van der Waals surface area contributed by atoms with Crippen molar-refractivity contribution in [2.75, 3.05) is 6.54 Å². The Morgan fingerprint density at radius 1 is 1.08 bits per heavy atom. The highest BCUT2D eigenvalue weighted by Gasteiger charge is 2.32. The first-order valence-electron chi connectivity index (χ1n) is 5.68. The van der Waals surface area contributed by atoms with Crippen LogP contribution < -0.4 is 10.6 Å². The van der Waals surface area contributed by atoms with Gasteiger partial charge in [-0.05, 0) is 39.7 Å². The zero-order valence-corrected chi connectivity index (χ0v) is 8.90. The average molecular weight is 182 g/mol. The molecule has 0 aromatic rings. The Morgan fingerprint density at radius 3 is 2.54 bits per heavy atom. The van der Waals surface area contributed by atoms with Crippen molar-refractivity contribution in [1.29, 1.82) is 0 Å². The lowest BCUT2D eigenvalue weighted by Gasteiger charge is -2.35. The summed E-state index contributed by atoms with van der Waals surface area (Å²) in [6.45, 7) is 5.83. The summed E-state index contributed by atoms with van der Waals surface area (Å²) in [5.74, 6) is 0. The molecular formula is C11H22N2. The number of rotatable bonds is 0. The molecule has 1 saturated carbocycles. The molecule has 13 heavy (non-hydrogen) atoms. The molecule has 2 rings (SSSR count). The molecule has 2 aliphatic rings. The van der Waals surface area contributed by atoms with Crippen LogP contribution in [0.4, 0.5) is 0 Å². The molecule has 2 heteroatoms. The Hall–Kier alpha value is -0.0800. The molecule has 76 valence electrons. The number of nitrogens with one attached hydrogen (secondary N) is 2. The van der Waals surface area contributed by atoms with Gasteiger partial charge in [0.2, 0.25) is 0 Å². The third-order valence-electron chi connectivity index (χ3n) is 3.50. The summed E-state index contributed by atoms with van der Waals surface area (Å²) in [7, 11) is 0. The predicted octanol–water partition coefficient (Wildman–Crippen LogP) is 1.66. The molecule has 0 amide bonds. The number of fused-ring (bicyclic) bond motifs is 1. The fourth-order valence-electron chi connectivity index (χ4n) is 2.69. The van der Waals surface area contributed by atoms with Crippen molar-refractivity contribution in [2.24, 2.45) is 0 Å². The fourth-order valence-corrected chi connectivity index (χ4v) is 2.69. The number of hydrogen-bond donors (Lipinski definition) is 2. The molecule has 0 radical (unpaired) electrons. The molecule has 1 unspecified atom stereocenters. The van der Waals surface area contributed by atoms with E-state index >= 15 is 0 Å². The lowest BCUT2D eigenvalue weighted by atomic mass is 9.89. The second-order valence-corrected chi connectivity index (χ2v) is 5.23. The van der Waals surface area contributed by atoms with Crippen LogP contribution in [0.3, 0.4) is 0 Å². The highest BCUT2D eigenvalue weighted by molar-refractivity contribution is 4.95. The van der Waals surface area contributed by atoms with Crippen molar-refractivity contribution >= 4 is 0 Å². The van der Waals surface area contributed by atoms with Crippen LogP contribution in [0, 0.1) is 0 Å².